The Balaban J connectivity index is 3.11. The molecule has 0 heterocycles. The van der Waals surface area contributed by atoms with Crippen molar-refractivity contribution < 1.29 is 9.84 Å². The van der Waals surface area contributed by atoms with Crippen LogP contribution in [-0.2, 0) is 5.41 Å². The van der Waals surface area contributed by atoms with E-state index in [1.54, 1.807) is 0 Å². The summed E-state index contributed by atoms with van der Waals surface area (Å²) < 4.78 is 5.49. The maximum Gasteiger partial charge on any atom is 0.122 e. The summed E-state index contributed by atoms with van der Waals surface area (Å²) >= 11 is 4.49. The van der Waals surface area contributed by atoms with Crippen molar-refractivity contribution in [2.45, 2.75) is 38.0 Å². The van der Waals surface area contributed by atoms with Gasteiger partial charge in [0.15, 0.2) is 0 Å². The second-order valence-electron chi connectivity index (χ2n) is 4.96. The number of aliphatic hydroxyl groups excluding tert-OH is 1. The zero-order valence-electron chi connectivity index (χ0n) is 10.4. The van der Waals surface area contributed by atoms with Crippen LogP contribution in [0.3, 0.4) is 0 Å². The average Bonchev–Trinajstić information content (AvgIpc) is 2.14. The predicted octanol–water partition coefficient (Wildman–Crippen LogP) is 2.95. The largest absolute Gasteiger partial charge is 0.491 e. The Morgan fingerprint density at radius 2 is 1.94 bits per heavy atom. The quantitative estimate of drug-likeness (QED) is 0.795. The van der Waals surface area contributed by atoms with Crippen LogP contribution in [0, 0.1) is 6.92 Å². The third-order valence-electron chi connectivity index (χ3n) is 2.45. The Hall–Kier alpha value is -0.670. The zero-order valence-corrected chi connectivity index (χ0v) is 11.3. The van der Waals surface area contributed by atoms with Crippen molar-refractivity contribution in [1.82, 2.24) is 0 Å². The molecule has 2 nitrogen and oxygen atoms in total. The average molecular weight is 240 g/mol. The van der Waals surface area contributed by atoms with Gasteiger partial charge >= 0.3 is 0 Å². The van der Waals surface area contributed by atoms with E-state index < -0.39 is 0 Å². The Morgan fingerprint density at radius 1 is 1.31 bits per heavy atom. The van der Waals surface area contributed by atoms with Gasteiger partial charge in [0, 0.05) is 4.90 Å². The Morgan fingerprint density at radius 3 is 2.44 bits per heavy atom. The lowest BCUT2D eigenvalue weighted by atomic mass is 9.86. The summed E-state index contributed by atoms with van der Waals surface area (Å²) in [5.74, 6) is 0.830. The second-order valence-corrected chi connectivity index (χ2v) is 5.44. The number of hydrogen-bond acceptors (Lipinski definition) is 3. The minimum Gasteiger partial charge on any atom is -0.491 e. The van der Waals surface area contributed by atoms with E-state index in [-0.39, 0.29) is 12.0 Å². The van der Waals surface area contributed by atoms with Crippen LogP contribution in [0.5, 0.6) is 5.75 Å². The standard InChI is InChI=1S/C13H20O2S/c1-9-7-12(16)10(13(2,3)4)8-11(9)15-6-5-14/h7-8,14,16H,5-6H2,1-4H3. The lowest BCUT2D eigenvalue weighted by Crippen LogP contribution is -2.13. The summed E-state index contributed by atoms with van der Waals surface area (Å²) in [4.78, 5) is 0.987. The Bertz CT molecular complexity index is 367. The number of thiol groups is 1. The molecular formula is C13H20O2S. The van der Waals surface area contributed by atoms with E-state index in [1.807, 2.05) is 19.1 Å². The number of hydrogen-bond donors (Lipinski definition) is 2. The van der Waals surface area contributed by atoms with Gasteiger partial charge in [0.25, 0.3) is 0 Å². The van der Waals surface area contributed by atoms with Crippen molar-refractivity contribution in [1.29, 1.82) is 0 Å². The molecule has 0 saturated carbocycles. The van der Waals surface area contributed by atoms with Crippen LogP contribution in [0.1, 0.15) is 31.9 Å². The van der Waals surface area contributed by atoms with Gasteiger partial charge in [-0.1, -0.05) is 20.8 Å². The van der Waals surface area contributed by atoms with Gasteiger partial charge in [-0.3, -0.25) is 0 Å². The SMILES string of the molecule is Cc1cc(S)c(C(C)(C)C)cc1OCCO. The highest BCUT2D eigenvalue weighted by Crippen LogP contribution is 2.33. The molecule has 16 heavy (non-hydrogen) atoms. The van der Waals surface area contributed by atoms with Gasteiger partial charge < -0.3 is 9.84 Å². The molecule has 0 unspecified atom stereocenters. The molecule has 0 saturated heterocycles. The lowest BCUT2D eigenvalue weighted by molar-refractivity contribution is 0.200. The van der Waals surface area contributed by atoms with Crippen LogP contribution in [0.4, 0.5) is 0 Å². The number of ether oxygens (including phenoxy) is 1. The van der Waals surface area contributed by atoms with Gasteiger partial charge in [0.05, 0.1) is 6.61 Å². The molecule has 90 valence electrons. The first-order valence-corrected chi connectivity index (χ1v) is 5.88. The monoisotopic (exact) mass is 240 g/mol. The Labute approximate surface area is 103 Å². The van der Waals surface area contributed by atoms with Crippen LogP contribution in [0.25, 0.3) is 0 Å². The van der Waals surface area contributed by atoms with Gasteiger partial charge in [-0.25, -0.2) is 0 Å². The third kappa shape index (κ3) is 3.16. The summed E-state index contributed by atoms with van der Waals surface area (Å²) in [6.45, 7) is 8.79. The van der Waals surface area contributed by atoms with E-state index in [0.717, 1.165) is 21.8 Å². The van der Waals surface area contributed by atoms with Crippen molar-refractivity contribution in [3.8, 4) is 5.75 Å². The molecule has 3 heteroatoms. The molecule has 0 aromatic heterocycles. The van der Waals surface area contributed by atoms with E-state index in [9.17, 15) is 0 Å². The third-order valence-corrected chi connectivity index (χ3v) is 2.82. The predicted molar refractivity (Wildman–Crippen MR) is 69.7 cm³/mol. The molecule has 0 aliphatic rings. The molecule has 0 radical (unpaired) electrons. The molecule has 1 N–H and O–H groups in total. The molecule has 0 aliphatic carbocycles. The fourth-order valence-corrected chi connectivity index (χ4v) is 2.18. The first-order valence-electron chi connectivity index (χ1n) is 5.44. The minimum atomic E-state index is 0.0346. The minimum absolute atomic E-state index is 0.0346. The molecule has 0 spiro atoms. The smallest absolute Gasteiger partial charge is 0.122 e. The van der Waals surface area contributed by atoms with E-state index in [4.69, 9.17) is 9.84 Å². The second kappa shape index (κ2) is 5.11. The molecule has 1 aromatic rings. The van der Waals surface area contributed by atoms with Crippen LogP contribution in [0.15, 0.2) is 17.0 Å². The molecule has 0 fully saturated rings. The highest BCUT2D eigenvalue weighted by molar-refractivity contribution is 7.80. The molecule has 0 aliphatic heterocycles. The summed E-state index contributed by atoms with van der Waals surface area (Å²) in [5, 5.41) is 8.76. The van der Waals surface area contributed by atoms with Crippen LogP contribution < -0.4 is 4.74 Å². The summed E-state index contributed by atoms with van der Waals surface area (Å²) in [7, 11) is 0. The Kier molecular flexibility index (Phi) is 4.28. The van der Waals surface area contributed by atoms with Crippen molar-refractivity contribution >= 4 is 12.6 Å². The van der Waals surface area contributed by atoms with Gasteiger partial charge in [-0.2, -0.15) is 0 Å². The van der Waals surface area contributed by atoms with E-state index in [1.165, 1.54) is 0 Å². The van der Waals surface area contributed by atoms with Gasteiger partial charge in [0.1, 0.15) is 12.4 Å². The van der Waals surface area contributed by atoms with Gasteiger partial charge in [0.2, 0.25) is 0 Å². The summed E-state index contributed by atoms with van der Waals surface area (Å²) in [6, 6.07) is 4.03. The van der Waals surface area contributed by atoms with E-state index in [0.29, 0.717) is 6.61 Å². The molecule has 0 bridgehead atoms. The molecule has 0 atom stereocenters. The normalized spacial score (nSPS) is 11.6. The topological polar surface area (TPSA) is 29.5 Å². The van der Waals surface area contributed by atoms with Crippen LogP contribution in [-0.4, -0.2) is 18.3 Å². The van der Waals surface area contributed by atoms with Crippen molar-refractivity contribution in [3.05, 3.63) is 23.3 Å². The van der Waals surface area contributed by atoms with Crippen molar-refractivity contribution in [2.75, 3.05) is 13.2 Å². The molecule has 1 rings (SSSR count). The maximum absolute atomic E-state index is 8.76. The summed E-state index contributed by atoms with van der Waals surface area (Å²) in [6.07, 6.45) is 0. The first kappa shape index (κ1) is 13.4. The maximum atomic E-state index is 8.76. The number of aliphatic hydroxyl groups is 1. The lowest BCUT2D eigenvalue weighted by Gasteiger charge is -2.23. The van der Waals surface area contributed by atoms with Crippen molar-refractivity contribution in [2.24, 2.45) is 0 Å². The fraction of sp³-hybridized carbons (Fsp3) is 0.538. The zero-order chi connectivity index (χ0) is 12.3. The highest BCUT2D eigenvalue weighted by atomic mass is 32.1. The first-order chi connectivity index (χ1) is 7.36. The van der Waals surface area contributed by atoms with Crippen molar-refractivity contribution in [3.63, 3.8) is 0 Å². The van der Waals surface area contributed by atoms with Crippen LogP contribution in [0.2, 0.25) is 0 Å². The van der Waals surface area contributed by atoms with Gasteiger partial charge in [-0.05, 0) is 35.6 Å². The highest BCUT2D eigenvalue weighted by Gasteiger charge is 2.18. The molecular weight excluding hydrogens is 220 g/mol. The molecule has 0 amide bonds. The number of aryl methyl sites for hydroxylation is 1. The number of benzene rings is 1. The van der Waals surface area contributed by atoms with Gasteiger partial charge in [-0.15, -0.1) is 12.6 Å². The van der Waals surface area contributed by atoms with Crippen LogP contribution >= 0.6 is 12.6 Å². The molecule has 1 aromatic carbocycles. The fourth-order valence-electron chi connectivity index (χ4n) is 1.58. The number of rotatable bonds is 3. The van der Waals surface area contributed by atoms with E-state index >= 15 is 0 Å². The summed E-state index contributed by atoms with van der Waals surface area (Å²) in [5.41, 5.74) is 2.25. The van der Waals surface area contributed by atoms with E-state index in [2.05, 4.69) is 33.4 Å².